The van der Waals surface area contributed by atoms with E-state index in [0.717, 1.165) is 12.8 Å². The lowest BCUT2D eigenvalue weighted by molar-refractivity contribution is -0.134. The molecule has 1 aliphatic heterocycles. The van der Waals surface area contributed by atoms with Crippen molar-refractivity contribution in [3.63, 3.8) is 0 Å². The van der Waals surface area contributed by atoms with Gasteiger partial charge in [0.15, 0.2) is 0 Å². The van der Waals surface area contributed by atoms with Crippen LogP contribution in [0.1, 0.15) is 23.2 Å². The van der Waals surface area contributed by atoms with Crippen molar-refractivity contribution in [1.82, 2.24) is 9.80 Å². The Labute approximate surface area is 139 Å². The van der Waals surface area contributed by atoms with Gasteiger partial charge in [-0.05, 0) is 25.0 Å². The van der Waals surface area contributed by atoms with Crippen molar-refractivity contribution in [2.75, 3.05) is 27.2 Å². The average Bonchev–Trinajstić information content (AvgIpc) is 2.45. The number of nitrogens with zero attached hydrogens (tertiary/aromatic N) is 2. The Kier molecular flexibility index (Phi) is 5.19. The molecule has 1 fully saturated rings. The highest BCUT2D eigenvalue weighted by atomic mass is 35.5. The summed E-state index contributed by atoms with van der Waals surface area (Å²) in [4.78, 5) is 27.8. The lowest BCUT2D eigenvalue weighted by atomic mass is 9.96. The second-order valence-electron chi connectivity index (χ2n) is 5.60. The predicted molar refractivity (Wildman–Crippen MR) is 85.4 cm³/mol. The molecule has 0 saturated carbocycles. The molecule has 1 heterocycles. The summed E-state index contributed by atoms with van der Waals surface area (Å²) >= 11 is 11.8. The van der Waals surface area contributed by atoms with Gasteiger partial charge in [-0.1, -0.05) is 23.2 Å². The van der Waals surface area contributed by atoms with Gasteiger partial charge in [-0.3, -0.25) is 9.59 Å². The number of halogens is 2. The van der Waals surface area contributed by atoms with Crippen LogP contribution in [-0.4, -0.2) is 53.9 Å². The molecule has 1 unspecified atom stereocenters. The number of phenols is 1. The highest BCUT2D eigenvalue weighted by Gasteiger charge is 2.31. The lowest BCUT2D eigenvalue weighted by Crippen LogP contribution is -2.45. The number of amides is 2. The molecular weight excluding hydrogens is 327 g/mol. The second kappa shape index (κ2) is 6.75. The zero-order valence-electron chi connectivity index (χ0n) is 12.5. The maximum Gasteiger partial charge on any atom is 0.259 e. The normalized spacial score (nSPS) is 18.2. The van der Waals surface area contributed by atoms with Gasteiger partial charge >= 0.3 is 0 Å². The number of hydrogen-bond acceptors (Lipinski definition) is 3. The SMILES string of the molecule is CN(C)C(=O)C1CCCN(C(=O)c2c(O)cc(Cl)cc2Cl)C1. The van der Waals surface area contributed by atoms with Crippen molar-refractivity contribution in [3.8, 4) is 5.75 Å². The number of aromatic hydroxyl groups is 1. The van der Waals surface area contributed by atoms with Crippen LogP contribution in [0.3, 0.4) is 0 Å². The topological polar surface area (TPSA) is 60.9 Å². The number of carbonyl (C=O) groups excluding carboxylic acids is 2. The molecule has 22 heavy (non-hydrogen) atoms. The highest BCUT2D eigenvalue weighted by Crippen LogP contribution is 2.32. The van der Waals surface area contributed by atoms with Crippen molar-refractivity contribution in [1.29, 1.82) is 0 Å². The minimum absolute atomic E-state index is 0.00363. The zero-order chi connectivity index (χ0) is 16.4. The number of carbonyl (C=O) groups is 2. The van der Waals surface area contributed by atoms with E-state index in [-0.39, 0.29) is 39.1 Å². The Morgan fingerprint density at radius 2 is 2.00 bits per heavy atom. The van der Waals surface area contributed by atoms with Gasteiger partial charge in [0.2, 0.25) is 5.91 Å². The van der Waals surface area contributed by atoms with Crippen LogP contribution in [0.4, 0.5) is 0 Å². The Hall–Kier alpha value is -1.46. The van der Waals surface area contributed by atoms with E-state index in [9.17, 15) is 14.7 Å². The Morgan fingerprint density at radius 1 is 1.32 bits per heavy atom. The summed E-state index contributed by atoms with van der Waals surface area (Å²) in [5.41, 5.74) is 0.0315. The van der Waals surface area contributed by atoms with Gasteiger partial charge < -0.3 is 14.9 Å². The maximum atomic E-state index is 12.6. The van der Waals surface area contributed by atoms with Crippen molar-refractivity contribution >= 4 is 35.0 Å². The van der Waals surface area contributed by atoms with E-state index in [1.165, 1.54) is 17.0 Å². The molecule has 2 rings (SSSR count). The molecule has 1 aromatic carbocycles. The van der Waals surface area contributed by atoms with Gasteiger partial charge in [0, 0.05) is 32.2 Å². The summed E-state index contributed by atoms with van der Waals surface area (Å²) in [6.45, 7) is 0.864. The van der Waals surface area contributed by atoms with Crippen LogP contribution in [0.2, 0.25) is 10.0 Å². The van der Waals surface area contributed by atoms with E-state index in [0.29, 0.717) is 13.1 Å². The summed E-state index contributed by atoms with van der Waals surface area (Å²) in [5.74, 6) is -0.844. The molecule has 0 spiro atoms. The van der Waals surface area contributed by atoms with Gasteiger partial charge in [-0.15, -0.1) is 0 Å². The van der Waals surface area contributed by atoms with Crippen LogP contribution in [0.5, 0.6) is 5.75 Å². The first kappa shape index (κ1) is 16.9. The molecule has 0 aliphatic carbocycles. The van der Waals surface area contributed by atoms with Crippen LogP contribution in [-0.2, 0) is 4.79 Å². The number of rotatable bonds is 2. The molecule has 1 aromatic rings. The highest BCUT2D eigenvalue weighted by molar-refractivity contribution is 6.37. The van der Waals surface area contributed by atoms with Gasteiger partial charge in [-0.25, -0.2) is 0 Å². The summed E-state index contributed by atoms with van der Waals surface area (Å²) in [6.07, 6.45) is 1.49. The van der Waals surface area contributed by atoms with Crippen molar-refractivity contribution < 1.29 is 14.7 Å². The Morgan fingerprint density at radius 3 is 2.59 bits per heavy atom. The molecule has 0 aromatic heterocycles. The monoisotopic (exact) mass is 344 g/mol. The fourth-order valence-corrected chi connectivity index (χ4v) is 3.22. The maximum absolute atomic E-state index is 12.6. The minimum Gasteiger partial charge on any atom is -0.507 e. The quantitative estimate of drug-likeness (QED) is 0.896. The molecule has 1 aliphatic rings. The van der Waals surface area contributed by atoms with E-state index in [1.54, 1.807) is 19.0 Å². The van der Waals surface area contributed by atoms with Gasteiger partial charge in [0.1, 0.15) is 5.75 Å². The predicted octanol–water partition coefficient (Wildman–Crippen LogP) is 2.64. The fourth-order valence-electron chi connectivity index (χ4n) is 2.66. The van der Waals surface area contributed by atoms with Crippen LogP contribution >= 0.6 is 23.2 Å². The summed E-state index contributed by atoms with van der Waals surface area (Å²) in [5, 5.41) is 10.3. The van der Waals surface area contributed by atoms with Gasteiger partial charge in [0.05, 0.1) is 16.5 Å². The first-order valence-corrected chi connectivity index (χ1v) is 7.75. The van der Waals surface area contributed by atoms with E-state index >= 15 is 0 Å². The number of likely N-dealkylation sites (tertiary alicyclic amines) is 1. The lowest BCUT2D eigenvalue weighted by Gasteiger charge is -2.33. The molecular formula is C15H18Cl2N2O3. The number of piperidine rings is 1. The summed E-state index contributed by atoms with van der Waals surface area (Å²) < 4.78 is 0. The number of benzene rings is 1. The van der Waals surface area contributed by atoms with Gasteiger partial charge in [-0.2, -0.15) is 0 Å². The molecule has 5 nitrogen and oxygen atoms in total. The zero-order valence-corrected chi connectivity index (χ0v) is 14.0. The molecule has 0 radical (unpaired) electrons. The average molecular weight is 345 g/mol. The summed E-state index contributed by atoms with van der Waals surface area (Å²) in [6, 6.07) is 2.70. The third-order valence-corrected chi connectivity index (χ3v) is 4.26. The van der Waals surface area contributed by atoms with E-state index in [1.807, 2.05) is 0 Å². The minimum atomic E-state index is -0.379. The second-order valence-corrected chi connectivity index (χ2v) is 6.45. The molecule has 120 valence electrons. The van der Waals surface area contributed by atoms with Crippen LogP contribution in [0.15, 0.2) is 12.1 Å². The van der Waals surface area contributed by atoms with Crippen molar-refractivity contribution in [2.45, 2.75) is 12.8 Å². The largest absolute Gasteiger partial charge is 0.507 e. The van der Waals surface area contributed by atoms with Crippen LogP contribution in [0.25, 0.3) is 0 Å². The van der Waals surface area contributed by atoms with Crippen molar-refractivity contribution in [2.24, 2.45) is 5.92 Å². The van der Waals surface area contributed by atoms with Crippen LogP contribution < -0.4 is 0 Å². The number of hydrogen-bond donors (Lipinski definition) is 1. The van der Waals surface area contributed by atoms with E-state index in [2.05, 4.69) is 0 Å². The number of phenolic OH excluding ortho intramolecular Hbond substituents is 1. The van der Waals surface area contributed by atoms with E-state index in [4.69, 9.17) is 23.2 Å². The smallest absolute Gasteiger partial charge is 0.259 e. The summed E-state index contributed by atoms with van der Waals surface area (Å²) in [7, 11) is 3.40. The molecule has 2 amide bonds. The Bertz CT molecular complexity index is 581. The fraction of sp³-hybridized carbons (Fsp3) is 0.467. The molecule has 1 atom stereocenters. The molecule has 0 bridgehead atoms. The van der Waals surface area contributed by atoms with Crippen LogP contribution in [0, 0.1) is 5.92 Å². The standard InChI is InChI=1S/C15H18Cl2N2O3/c1-18(2)14(21)9-4-3-5-19(8-9)15(22)13-11(17)6-10(16)7-12(13)20/h6-7,9,20H,3-5,8H2,1-2H3. The molecule has 1 N–H and O–H groups in total. The molecule has 7 heteroatoms. The first-order chi connectivity index (χ1) is 10.3. The third kappa shape index (κ3) is 3.47. The third-order valence-electron chi connectivity index (χ3n) is 3.75. The van der Waals surface area contributed by atoms with E-state index < -0.39 is 0 Å². The first-order valence-electron chi connectivity index (χ1n) is 6.99. The Balaban J connectivity index is 2.21. The molecule has 1 saturated heterocycles. The van der Waals surface area contributed by atoms with Crippen molar-refractivity contribution in [3.05, 3.63) is 27.7 Å². The van der Waals surface area contributed by atoms with Gasteiger partial charge in [0.25, 0.3) is 5.91 Å².